The third-order valence-electron chi connectivity index (χ3n) is 5.41. The molecule has 2 aliphatic rings. The summed E-state index contributed by atoms with van der Waals surface area (Å²) < 4.78 is 19.2. The lowest BCUT2D eigenvalue weighted by Crippen LogP contribution is -2.36. The molecule has 146 valence electrons. The Hall–Kier alpha value is -2.73. The number of amides is 2. The number of fused-ring (bicyclic) bond motifs is 1. The molecule has 0 radical (unpaired) electrons. The Kier molecular flexibility index (Phi) is 5.13. The Morgan fingerprint density at radius 1 is 1.18 bits per heavy atom. The van der Waals surface area contributed by atoms with E-state index in [2.05, 4.69) is 5.32 Å². The first-order chi connectivity index (χ1) is 13.5. The van der Waals surface area contributed by atoms with Crippen molar-refractivity contribution in [2.75, 3.05) is 18.5 Å². The van der Waals surface area contributed by atoms with E-state index in [0.29, 0.717) is 36.5 Å². The average molecular weight is 382 g/mol. The van der Waals surface area contributed by atoms with Gasteiger partial charge in [0.25, 0.3) is 11.8 Å². The first-order valence-corrected chi connectivity index (χ1v) is 9.61. The summed E-state index contributed by atoms with van der Waals surface area (Å²) in [6, 6.07) is 10.4. The van der Waals surface area contributed by atoms with Crippen molar-refractivity contribution < 1.29 is 18.7 Å². The van der Waals surface area contributed by atoms with Crippen molar-refractivity contribution >= 4 is 17.5 Å². The molecule has 0 aliphatic carbocycles. The molecule has 4 rings (SSSR count). The minimum atomic E-state index is -0.384. The van der Waals surface area contributed by atoms with E-state index in [1.54, 1.807) is 24.0 Å². The molecular weight excluding hydrogens is 359 g/mol. The van der Waals surface area contributed by atoms with Gasteiger partial charge in [0.05, 0.1) is 0 Å². The lowest BCUT2D eigenvalue weighted by Gasteiger charge is -2.29. The van der Waals surface area contributed by atoms with Crippen LogP contribution in [0.3, 0.4) is 0 Å². The predicted molar refractivity (Wildman–Crippen MR) is 104 cm³/mol. The highest BCUT2D eigenvalue weighted by Crippen LogP contribution is 2.25. The number of carbonyl (C=O) groups excluding carboxylic acids is 2. The molecule has 0 saturated carbocycles. The van der Waals surface area contributed by atoms with E-state index < -0.39 is 0 Å². The Bertz CT molecular complexity index is 922. The highest BCUT2D eigenvalue weighted by Gasteiger charge is 2.25. The molecule has 2 aromatic rings. The van der Waals surface area contributed by atoms with Gasteiger partial charge in [0.1, 0.15) is 11.9 Å². The number of anilines is 1. The molecule has 2 aromatic carbocycles. The second kappa shape index (κ2) is 7.72. The highest BCUT2D eigenvalue weighted by molar-refractivity contribution is 5.95. The molecule has 0 aromatic heterocycles. The van der Waals surface area contributed by atoms with E-state index in [4.69, 9.17) is 4.74 Å². The number of ether oxygens (including phenoxy) is 1. The quantitative estimate of drug-likeness (QED) is 0.885. The zero-order valence-electron chi connectivity index (χ0n) is 15.8. The topological polar surface area (TPSA) is 58.6 Å². The van der Waals surface area contributed by atoms with Crippen LogP contribution in [0.2, 0.25) is 0 Å². The number of aryl methyl sites for hydroxylation is 1. The Balaban J connectivity index is 1.48. The Labute approximate surface area is 163 Å². The number of rotatable bonds is 3. The monoisotopic (exact) mass is 382 g/mol. The Morgan fingerprint density at radius 2 is 2.04 bits per heavy atom. The normalized spacial score (nSPS) is 18.6. The standard InChI is InChI=1S/C22H23FN2O3/c1-14-4-5-16(12-19(14)23)22(27)25-9-8-15-6-7-18(11-17(15)13-25)24-21(26)20-3-2-10-28-20/h4-7,11-12,20H,2-3,8-10,13H2,1H3,(H,24,26). The predicted octanol–water partition coefficient (Wildman–Crippen LogP) is 3.45. The lowest BCUT2D eigenvalue weighted by molar-refractivity contribution is -0.124. The minimum absolute atomic E-state index is 0.128. The number of benzene rings is 2. The van der Waals surface area contributed by atoms with Crippen molar-refractivity contribution in [3.05, 3.63) is 64.5 Å². The molecule has 0 spiro atoms. The van der Waals surface area contributed by atoms with Gasteiger partial charge in [0.15, 0.2) is 0 Å². The number of carbonyl (C=O) groups is 2. The van der Waals surface area contributed by atoms with Crippen molar-refractivity contribution in [3.63, 3.8) is 0 Å². The van der Waals surface area contributed by atoms with Crippen LogP contribution in [0.15, 0.2) is 36.4 Å². The molecule has 1 atom stereocenters. The van der Waals surface area contributed by atoms with Crippen molar-refractivity contribution in [1.29, 1.82) is 0 Å². The van der Waals surface area contributed by atoms with Crippen molar-refractivity contribution in [2.45, 2.75) is 38.8 Å². The van der Waals surface area contributed by atoms with Crippen LogP contribution in [0.5, 0.6) is 0 Å². The third kappa shape index (κ3) is 3.78. The summed E-state index contributed by atoms with van der Waals surface area (Å²) in [7, 11) is 0. The number of nitrogens with one attached hydrogen (secondary N) is 1. The van der Waals surface area contributed by atoms with Gasteiger partial charge in [0, 0.05) is 30.9 Å². The molecule has 6 heteroatoms. The first kappa shape index (κ1) is 18.6. The van der Waals surface area contributed by atoms with Crippen molar-refractivity contribution in [2.24, 2.45) is 0 Å². The molecule has 2 heterocycles. The third-order valence-corrected chi connectivity index (χ3v) is 5.41. The fourth-order valence-electron chi connectivity index (χ4n) is 3.72. The fourth-order valence-corrected chi connectivity index (χ4v) is 3.72. The number of nitrogens with zero attached hydrogens (tertiary/aromatic N) is 1. The van der Waals surface area contributed by atoms with Gasteiger partial charge in [-0.25, -0.2) is 4.39 Å². The van der Waals surface area contributed by atoms with E-state index >= 15 is 0 Å². The maximum absolute atomic E-state index is 13.8. The molecule has 1 saturated heterocycles. The smallest absolute Gasteiger partial charge is 0.254 e. The summed E-state index contributed by atoms with van der Waals surface area (Å²) >= 11 is 0. The molecule has 1 N–H and O–H groups in total. The molecule has 1 fully saturated rings. The summed E-state index contributed by atoms with van der Waals surface area (Å²) in [5, 5.41) is 2.91. The van der Waals surface area contributed by atoms with Crippen LogP contribution in [0.25, 0.3) is 0 Å². The van der Waals surface area contributed by atoms with Crippen LogP contribution in [0.1, 0.15) is 39.9 Å². The van der Waals surface area contributed by atoms with Crippen LogP contribution < -0.4 is 5.32 Å². The highest BCUT2D eigenvalue weighted by atomic mass is 19.1. The molecule has 1 unspecified atom stereocenters. The zero-order chi connectivity index (χ0) is 19.7. The molecule has 2 aliphatic heterocycles. The lowest BCUT2D eigenvalue weighted by atomic mass is 9.98. The number of hydrogen-bond acceptors (Lipinski definition) is 3. The average Bonchev–Trinajstić information content (AvgIpc) is 3.24. The van der Waals surface area contributed by atoms with E-state index in [1.807, 2.05) is 18.2 Å². The summed E-state index contributed by atoms with van der Waals surface area (Å²) in [5.74, 6) is -0.683. The maximum Gasteiger partial charge on any atom is 0.254 e. The second-order valence-corrected chi connectivity index (χ2v) is 7.42. The minimum Gasteiger partial charge on any atom is -0.368 e. The van der Waals surface area contributed by atoms with Crippen LogP contribution >= 0.6 is 0 Å². The Morgan fingerprint density at radius 3 is 2.79 bits per heavy atom. The van der Waals surface area contributed by atoms with Gasteiger partial charge in [-0.15, -0.1) is 0 Å². The van der Waals surface area contributed by atoms with Crippen molar-refractivity contribution in [3.8, 4) is 0 Å². The SMILES string of the molecule is Cc1ccc(C(=O)N2CCc3ccc(NC(=O)C4CCCO4)cc3C2)cc1F. The first-order valence-electron chi connectivity index (χ1n) is 9.61. The van der Waals surface area contributed by atoms with Gasteiger partial charge >= 0.3 is 0 Å². The van der Waals surface area contributed by atoms with Crippen molar-refractivity contribution in [1.82, 2.24) is 4.90 Å². The van der Waals surface area contributed by atoms with E-state index in [9.17, 15) is 14.0 Å². The van der Waals surface area contributed by atoms with Crippen LogP contribution in [0.4, 0.5) is 10.1 Å². The molecule has 0 bridgehead atoms. The van der Waals surface area contributed by atoms with Crippen LogP contribution in [-0.4, -0.2) is 36.0 Å². The van der Waals surface area contributed by atoms with E-state index in [1.165, 1.54) is 6.07 Å². The second-order valence-electron chi connectivity index (χ2n) is 7.42. The van der Waals surface area contributed by atoms with Gasteiger partial charge in [-0.1, -0.05) is 12.1 Å². The molecule has 2 amide bonds. The van der Waals surface area contributed by atoms with Gasteiger partial charge in [-0.3, -0.25) is 9.59 Å². The van der Waals surface area contributed by atoms with Crippen LogP contribution in [-0.2, 0) is 22.5 Å². The largest absolute Gasteiger partial charge is 0.368 e. The summed E-state index contributed by atoms with van der Waals surface area (Å²) in [4.78, 5) is 26.8. The summed E-state index contributed by atoms with van der Waals surface area (Å²) in [6.07, 6.45) is 1.99. The van der Waals surface area contributed by atoms with Gasteiger partial charge < -0.3 is 15.0 Å². The molecular formula is C22H23FN2O3. The van der Waals surface area contributed by atoms with Gasteiger partial charge in [-0.05, 0) is 67.1 Å². The van der Waals surface area contributed by atoms with Gasteiger partial charge in [-0.2, -0.15) is 0 Å². The summed E-state index contributed by atoms with van der Waals surface area (Å²) in [6.45, 7) is 3.32. The molecule has 5 nitrogen and oxygen atoms in total. The van der Waals surface area contributed by atoms with E-state index in [0.717, 1.165) is 30.4 Å². The summed E-state index contributed by atoms with van der Waals surface area (Å²) in [5.41, 5.74) is 3.74. The fraction of sp³-hybridized carbons (Fsp3) is 0.364. The zero-order valence-corrected chi connectivity index (χ0v) is 15.8. The number of hydrogen-bond donors (Lipinski definition) is 1. The maximum atomic E-state index is 13.8. The molecule has 28 heavy (non-hydrogen) atoms. The van der Waals surface area contributed by atoms with E-state index in [-0.39, 0.29) is 23.7 Å². The number of halogens is 1. The van der Waals surface area contributed by atoms with Crippen LogP contribution in [0, 0.1) is 12.7 Å². The van der Waals surface area contributed by atoms with Gasteiger partial charge in [0.2, 0.25) is 0 Å².